The van der Waals surface area contributed by atoms with E-state index in [4.69, 9.17) is 5.21 Å². The highest BCUT2D eigenvalue weighted by molar-refractivity contribution is 5.93. The van der Waals surface area contributed by atoms with Crippen molar-refractivity contribution in [3.63, 3.8) is 0 Å². The smallest absolute Gasteiger partial charge is 0.274 e. The number of carbonyl (C=O) groups excluding carboxylic acids is 1. The summed E-state index contributed by atoms with van der Waals surface area (Å²) in [6.07, 6.45) is 0. The Kier molecular flexibility index (Phi) is 10.9. The van der Waals surface area contributed by atoms with Crippen molar-refractivity contribution in [2.75, 3.05) is 32.7 Å². The predicted octanol–water partition coefficient (Wildman–Crippen LogP) is 3.72. The zero-order chi connectivity index (χ0) is 26.1. The molecule has 3 rings (SSSR count). The van der Waals surface area contributed by atoms with Crippen LogP contribution in [0.15, 0.2) is 48.5 Å². The molecule has 0 aliphatic carbocycles. The summed E-state index contributed by atoms with van der Waals surface area (Å²) in [6, 6.07) is 17.8. The lowest BCUT2D eigenvalue weighted by Crippen LogP contribution is -2.55. The fourth-order valence-electron chi connectivity index (χ4n) is 5.27. The summed E-state index contributed by atoms with van der Waals surface area (Å²) in [7, 11) is 0. The fourth-order valence-corrected chi connectivity index (χ4v) is 5.27. The molecule has 1 aliphatic rings. The number of hydrogen-bond acceptors (Lipinski definition) is 6. The number of nitrogens with zero attached hydrogens (tertiary/aromatic N) is 3. The van der Waals surface area contributed by atoms with Crippen LogP contribution >= 0.6 is 0 Å². The van der Waals surface area contributed by atoms with E-state index in [9.17, 15) is 4.79 Å². The Morgan fingerprint density at radius 2 is 1.64 bits per heavy atom. The van der Waals surface area contributed by atoms with Crippen LogP contribution in [0.1, 0.15) is 61.7 Å². The number of nitrogens with one attached hydrogen (secondary N) is 2. The zero-order valence-corrected chi connectivity index (χ0v) is 22.7. The van der Waals surface area contributed by atoms with Gasteiger partial charge in [0.05, 0.1) is 0 Å². The number of benzene rings is 2. The van der Waals surface area contributed by atoms with Gasteiger partial charge in [0.15, 0.2) is 0 Å². The van der Waals surface area contributed by atoms with Crippen LogP contribution < -0.4 is 10.8 Å². The van der Waals surface area contributed by atoms with Gasteiger partial charge in [-0.25, -0.2) is 5.48 Å². The van der Waals surface area contributed by atoms with Crippen LogP contribution in [0.25, 0.3) is 0 Å². The molecule has 198 valence electrons. The molecule has 7 heteroatoms. The van der Waals surface area contributed by atoms with Crippen LogP contribution in [0, 0.1) is 0 Å². The largest absolute Gasteiger partial charge is 0.309 e. The molecule has 1 saturated heterocycles. The molecule has 0 unspecified atom stereocenters. The van der Waals surface area contributed by atoms with Gasteiger partial charge in [0.1, 0.15) is 0 Å². The molecular formula is C29H45N5O2. The molecule has 1 amide bonds. The zero-order valence-electron chi connectivity index (χ0n) is 22.7. The van der Waals surface area contributed by atoms with Gasteiger partial charge in [-0.05, 0) is 62.7 Å². The summed E-state index contributed by atoms with van der Waals surface area (Å²) in [6.45, 7) is 19.3. The highest BCUT2D eigenvalue weighted by Crippen LogP contribution is 2.21. The number of piperazine rings is 1. The first-order valence-electron chi connectivity index (χ1n) is 13.4. The van der Waals surface area contributed by atoms with Crippen molar-refractivity contribution >= 4 is 5.91 Å². The van der Waals surface area contributed by atoms with Crippen molar-refractivity contribution in [3.05, 3.63) is 70.8 Å². The lowest BCUT2D eigenvalue weighted by Gasteiger charge is -2.44. The van der Waals surface area contributed by atoms with E-state index in [-0.39, 0.29) is 0 Å². The minimum Gasteiger partial charge on any atom is -0.309 e. The van der Waals surface area contributed by atoms with Crippen LogP contribution in [-0.2, 0) is 19.6 Å². The molecular weight excluding hydrogens is 450 g/mol. The number of carbonyl (C=O) groups is 1. The maximum Gasteiger partial charge on any atom is 0.274 e. The summed E-state index contributed by atoms with van der Waals surface area (Å²) >= 11 is 0. The Morgan fingerprint density at radius 1 is 1.00 bits per heavy atom. The van der Waals surface area contributed by atoms with E-state index in [1.165, 1.54) is 16.7 Å². The van der Waals surface area contributed by atoms with E-state index in [1.54, 1.807) is 17.6 Å². The summed E-state index contributed by atoms with van der Waals surface area (Å²) in [5.74, 6) is -0.480. The van der Waals surface area contributed by atoms with Gasteiger partial charge >= 0.3 is 0 Å². The van der Waals surface area contributed by atoms with Crippen LogP contribution in [0.4, 0.5) is 0 Å². The third-order valence-corrected chi connectivity index (χ3v) is 7.34. The van der Waals surface area contributed by atoms with Gasteiger partial charge in [-0.15, -0.1) is 0 Å². The van der Waals surface area contributed by atoms with Gasteiger partial charge in [0.2, 0.25) is 0 Å². The molecule has 1 aliphatic heterocycles. The molecule has 2 aromatic rings. The molecule has 3 N–H and O–H groups in total. The molecule has 1 fully saturated rings. The second-order valence-corrected chi connectivity index (χ2v) is 10.3. The first-order valence-corrected chi connectivity index (χ1v) is 13.4. The van der Waals surface area contributed by atoms with Crippen molar-refractivity contribution in [1.82, 2.24) is 25.5 Å². The summed E-state index contributed by atoms with van der Waals surface area (Å²) in [5.41, 5.74) is 6.03. The van der Waals surface area contributed by atoms with E-state index in [0.29, 0.717) is 23.7 Å². The first-order chi connectivity index (χ1) is 17.3. The van der Waals surface area contributed by atoms with Gasteiger partial charge in [-0.2, -0.15) is 0 Å². The lowest BCUT2D eigenvalue weighted by molar-refractivity contribution is 0.0290. The quantitative estimate of drug-likeness (QED) is 0.308. The van der Waals surface area contributed by atoms with E-state index >= 15 is 0 Å². The average Bonchev–Trinajstić information content (AvgIpc) is 2.88. The molecule has 3 atom stereocenters. The molecule has 0 bridgehead atoms. The highest BCUT2D eigenvalue weighted by atomic mass is 16.5. The Balaban J connectivity index is 1.52. The van der Waals surface area contributed by atoms with Crippen molar-refractivity contribution < 1.29 is 10.0 Å². The van der Waals surface area contributed by atoms with Crippen molar-refractivity contribution in [2.24, 2.45) is 0 Å². The molecule has 0 spiro atoms. The standard InChI is InChI=1S/C29H45N5O2/c1-6-32(7-2)17-22(3)30-16-26-9-8-10-27(15-26)21-34-23(4)18-33(19-24(34)5)20-25-11-13-28(14-12-25)29(35)31-36/h8-15,22-24,30,36H,6-7,16-21H2,1-5H3,(H,31,35)/t22-,23-,24+/m1/s1. The molecule has 0 saturated carbocycles. The fraction of sp³-hybridized carbons (Fsp3) is 0.552. The number of rotatable bonds is 12. The number of hydroxylamine groups is 1. The minimum absolute atomic E-state index is 0.448. The normalized spacial score (nSPS) is 20.0. The number of likely N-dealkylation sites (N-methyl/N-ethyl adjacent to an activating group) is 1. The second-order valence-electron chi connectivity index (χ2n) is 10.3. The molecule has 0 radical (unpaired) electrons. The minimum atomic E-state index is -0.480. The molecule has 7 nitrogen and oxygen atoms in total. The van der Waals surface area contributed by atoms with Crippen molar-refractivity contribution in [2.45, 2.75) is 72.4 Å². The third-order valence-electron chi connectivity index (χ3n) is 7.34. The van der Waals surface area contributed by atoms with E-state index in [0.717, 1.165) is 52.4 Å². The van der Waals surface area contributed by atoms with Crippen molar-refractivity contribution in [1.29, 1.82) is 0 Å². The van der Waals surface area contributed by atoms with Crippen LogP contribution in [0.3, 0.4) is 0 Å². The van der Waals surface area contributed by atoms with Gasteiger partial charge in [-0.3, -0.25) is 19.8 Å². The van der Waals surface area contributed by atoms with Gasteiger partial charge in [-0.1, -0.05) is 50.2 Å². The number of amides is 1. The van der Waals surface area contributed by atoms with E-state index < -0.39 is 5.91 Å². The monoisotopic (exact) mass is 495 g/mol. The van der Waals surface area contributed by atoms with E-state index in [1.807, 2.05) is 12.1 Å². The summed E-state index contributed by atoms with van der Waals surface area (Å²) < 4.78 is 0. The van der Waals surface area contributed by atoms with Crippen molar-refractivity contribution in [3.8, 4) is 0 Å². The van der Waals surface area contributed by atoms with Gasteiger partial charge < -0.3 is 10.2 Å². The van der Waals surface area contributed by atoms with Gasteiger partial charge in [0.25, 0.3) is 5.91 Å². The Bertz CT molecular complexity index is 935. The first kappa shape index (κ1) is 28.3. The van der Waals surface area contributed by atoms with Crippen LogP contribution in [0.5, 0.6) is 0 Å². The lowest BCUT2D eigenvalue weighted by atomic mass is 10.0. The predicted molar refractivity (Wildman–Crippen MR) is 146 cm³/mol. The maximum absolute atomic E-state index is 11.6. The Morgan fingerprint density at radius 3 is 2.25 bits per heavy atom. The summed E-state index contributed by atoms with van der Waals surface area (Å²) in [4.78, 5) is 19.1. The molecule has 0 aromatic heterocycles. The maximum atomic E-state index is 11.6. The SMILES string of the molecule is CCN(CC)C[C@@H](C)NCc1cccc(CN2[C@H](C)CN(Cc3ccc(C(=O)NO)cc3)C[C@@H]2C)c1. The Labute approximate surface area is 217 Å². The van der Waals surface area contributed by atoms with E-state index in [2.05, 4.69) is 78.9 Å². The summed E-state index contributed by atoms with van der Waals surface area (Å²) in [5, 5.41) is 12.5. The topological polar surface area (TPSA) is 71.1 Å². The average molecular weight is 496 g/mol. The third kappa shape index (κ3) is 8.11. The molecule has 36 heavy (non-hydrogen) atoms. The molecule has 1 heterocycles. The number of hydrogen-bond donors (Lipinski definition) is 3. The Hall–Kier alpha value is -2.29. The molecule has 2 aromatic carbocycles. The second kappa shape index (κ2) is 13.9. The van der Waals surface area contributed by atoms with Crippen LogP contribution in [0.2, 0.25) is 0 Å². The van der Waals surface area contributed by atoms with Crippen LogP contribution in [-0.4, -0.2) is 76.7 Å². The highest BCUT2D eigenvalue weighted by Gasteiger charge is 2.29. The van der Waals surface area contributed by atoms with Gasteiger partial charge in [0, 0.05) is 63.0 Å².